The van der Waals surface area contributed by atoms with Gasteiger partial charge < -0.3 is 20.1 Å². The Kier molecular flexibility index (Phi) is 8.54. The van der Waals surface area contributed by atoms with Crippen molar-refractivity contribution >= 4 is 23.8 Å². The van der Waals surface area contributed by atoms with Crippen LogP contribution in [0.1, 0.15) is 47.4 Å². The normalized spacial score (nSPS) is 10.3. The van der Waals surface area contributed by atoms with Crippen LogP contribution in [0.15, 0.2) is 22.0 Å². The molecule has 0 radical (unpaired) electrons. The van der Waals surface area contributed by atoms with Gasteiger partial charge in [-0.1, -0.05) is 0 Å². The monoisotopic (exact) mass is 420 g/mol. The highest BCUT2D eigenvalue weighted by atomic mass is 16.5. The number of nitrogens with one attached hydrogen (secondary N) is 4. The van der Waals surface area contributed by atoms with Crippen LogP contribution in [-0.4, -0.2) is 58.2 Å². The van der Waals surface area contributed by atoms with Crippen LogP contribution in [0.25, 0.3) is 0 Å². The third kappa shape index (κ3) is 6.43. The van der Waals surface area contributed by atoms with Gasteiger partial charge in [0.1, 0.15) is 11.1 Å². The van der Waals surface area contributed by atoms with Crippen molar-refractivity contribution in [1.29, 1.82) is 0 Å². The van der Waals surface area contributed by atoms with Gasteiger partial charge in [-0.2, -0.15) is 0 Å². The second-order valence-electron chi connectivity index (χ2n) is 5.95. The van der Waals surface area contributed by atoms with Crippen LogP contribution < -0.4 is 21.8 Å². The van der Waals surface area contributed by atoms with Crippen molar-refractivity contribution in [3.05, 3.63) is 44.2 Å². The molecule has 0 amide bonds. The molecule has 2 aromatic heterocycles. The topological polar surface area (TPSA) is 168 Å². The van der Waals surface area contributed by atoms with Gasteiger partial charge in [0.2, 0.25) is 11.9 Å². The van der Waals surface area contributed by atoms with Crippen molar-refractivity contribution in [3.8, 4) is 0 Å². The summed E-state index contributed by atoms with van der Waals surface area (Å²) in [5.74, 6) is -0.931. The van der Waals surface area contributed by atoms with Gasteiger partial charge in [0, 0.05) is 13.1 Å². The van der Waals surface area contributed by atoms with Crippen molar-refractivity contribution in [3.63, 3.8) is 0 Å². The molecule has 0 unspecified atom stereocenters. The molecule has 162 valence electrons. The van der Waals surface area contributed by atoms with Gasteiger partial charge in [0.15, 0.2) is 0 Å². The first kappa shape index (κ1) is 22.6. The first-order valence-electron chi connectivity index (χ1n) is 9.46. The third-order valence-corrected chi connectivity index (χ3v) is 3.78. The number of ether oxygens (including phenoxy) is 2. The van der Waals surface area contributed by atoms with Crippen molar-refractivity contribution < 1.29 is 19.1 Å². The average molecular weight is 420 g/mol. The molecule has 2 rings (SSSR count). The van der Waals surface area contributed by atoms with Crippen LogP contribution in [0.4, 0.5) is 11.9 Å². The number of carbonyl (C=O) groups is 2. The van der Waals surface area contributed by atoms with E-state index in [1.165, 1.54) is 12.4 Å². The summed E-state index contributed by atoms with van der Waals surface area (Å²) in [7, 11) is 0. The molecule has 0 bridgehead atoms. The fourth-order valence-electron chi connectivity index (χ4n) is 2.34. The number of H-pyrrole nitrogens is 2. The molecule has 0 aliphatic carbocycles. The van der Waals surface area contributed by atoms with E-state index >= 15 is 0 Å². The molecule has 0 aromatic carbocycles. The van der Waals surface area contributed by atoms with E-state index in [1.54, 1.807) is 13.8 Å². The number of aromatic amines is 2. The van der Waals surface area contributed by atoms with E-state index in [9.17, 15) is 19.2 Å². The maximum Gasteiger partial charge on any atom is 0.345 e. The fraction of sp³-hybridized carbons (Fsp3) is 0.444. The zero-order chi connectivity index (χ0) is 21.9. The number of unbranched alkanes of at least 4 members (excludes halogenated alkanes) is 1. The molecule has 30 heavy (non-hydrogen) atoms. The summed E-state index contributed by atoms with van der Waals surface area (Å²) in [5.41, 5.74) is -1.45. The first-order chi connectivity index (χ1) is 14.5. The van der Waals surface area contributed by atoms with Gasteiger partial charge in [-0.05, 0) is 26.7 Å². The fourth-order valence-corrected chi connectivity index (χ4v) is 2.34. The maximum absolute atomic E-state index is 11.9. The molecule has 12 heteroatoms. The van der Waals surface area contributed by atoms with Crippen LogP contribution in [-0.2, 0) is 9.47 Å². The van der Waals surface area contributed by atoms with E-state index in [-0.39, 0.29) is 36.2 Å². The van der Waals surface area contributed by atoms with Gasteiger partial charge in [0.05, 0.1) is 25.6 Å². The number of esters is 2. The summed E-state index contributed by atoms with van der Waals surface area (Å²) in [6.45, 7) is 4.69. The number of rotatable bonds is 11. The Hall–Kier alpha value is -3.70. The van der Waals surface area contributed by atoms with Gasteiger partial charge >= 0.3 is 11.9 Å². The van der Waals surface area contributed by atoms with Gasteiger partial charge in [-0.25, -0.2) is 19.6 Å². The lowest BCUT2D eigenvalue weighted by Crippen LogP contribution is -2.22. The molecule has 12 nitrogen and oxygen atoms in total. The molecule has 0 fully saturated rings. The largest absolute Gasteiger partial charge is 0.462 e. The van der Waals surface area contributed by atoms with Crippen molar-refractivity contribution in [2.75, 3.05) is 36.9 Å². The molecular weight excluding hydrogens is 396 g/mol. The van der Waals surface area contributed by atoms with Crippen molar-refractivity contribution in [1.82, 2.24) is 19.9 Å². The Morgan fingerprint density at radius 2 is 1.23 bits per heavy atom. The zero-order valence-corrected chi connectivity index (χ0v) is 16.7. The predicted octanol–water partition coefficient (Wildman–Crippen LogP) is 0.511. The lowest BCUT2D eigenvalue weighted by atomic mass is 10.3. The lowest BCUT2D eigenvalue weighted by Gasteiger charge is -2.08. The van der Waals surface area contributed by atoms with Crippen LogP contribution in [0.3, 0.4) is 0 Å². The molecule has 0 saturated heterocycles. The number of anilines is 2. The summed E-state index contributed by atoms with van der Waals surface area (Å²) in [5, 5.41) is 5.90. The van der Waals surface area contributed by atoms with Crippen LogP contribution in [0.5, 0.6) is 0 Å². The van der Waals surface area contributed by atoms with Gasteiger partial charge in [-0.3, -0.25) is 19.6 Å². The molecule has 0 saturated carbocycles. The maximum atomic E-state index is 11.9. The molecule has 0 aliphatic rings. The Bertz CT molecular complexity index is 906. The zero-order valence-electron chi connectivity index (χ0n) is 16.7. The number of aromatic nitrogens is 4. The summed E-state index contributed by atoms with van der Waals surface area (Å²) in [6.07, 6.45) is 3.79. The van der Waals surface area contributed by atoms with Crippen molar-refractivity contribution in [2.24, 2.45) is 0 Å². The Morgan fingerprint density at radius 1 is 0.833 bits per heavy atom. The smallest absolute Gasteiger partial charge is 0.345 e. The molecule has 0 atom stereocenters. The number of carbonyl (C=O) groups excluding carboxylic acids is 2. The van der Waals surface area contributed by atoms with E-state index in [0.717, 1.165) is 12.8 Å². The quantitative estimate of drug-likeness (QED) is 0.297. The minimum Gasteiger partial charge on any atom is -0.462 e. The molecule has 0 aliphatic heterocycles. The Balaban J connectivity index is 1.73. The highest BCUT2D eigenvalue weighted by Crippen LogP contribution is 2.01. The average Bonchev–Trinajstić information content (AvgIpc) is 2.71. The molecule has 0 spiro atoms. The second kappa shape index (κ2) is 11.3. The van der Waals surface area contributed by atoms with E-state index < -0.39 is 23.1 Å². The molecular formula is C18H24N6O6. The minimum absolute atomic E-state index is 0.151. The van der Waals surface area contributed by atoms with E-state index in [4.69, 9.17) is 9.47 Å². The molecule has 2 aromatic rings. The van der Waals surface area contributed by atoms with E-state index in [1.807, 2.05) is 0 Å². The van der Waals surface area contributed by atoms with E-state index in [2.05, 4.69) is 30.6 Å². The van der Waals surface area contributed by atoms with Crippen LogP contribution in [0, 0.1) is 0 Å². The highest BCUT2D eigenvalue weighted by molar-refractivity contribution is 5.89. The SMILES string of the molecule is CCOC(=O)c1cnc(NCCCCNc2ncc(C(=O)OCC)c(=O)[nH]2)[nH]c1=O. The van der Waals surface area contributed by atoms with Gasteiger partial charge in [0.25, 0.3) is 11.1 Å². The third-order valence-electron chi connectivity index (χ3n) is 3.78. The van der Waals surface area contributed by atoms with Crippen LogP contribution >= 0.6 is 0 Å². The Morgan fingerprint density at radius 3 is 1.57 bits per heavy atom. The Labute approximate surface area is 171 Å². The number of hydrogen-bond acceptors (Lipinski definition) is 10. The van der Waals surface area contributed by atoms with E-state index in [0.29, 0.717) is 13.1 Å². The standard InChI is InChI=1S/C18H24N6O6/c1-3-29-15(27)11-9-21-17(23-13(11)25)19-7-5-6-8-20-18-22-10-12(14(26)24-18)16(28)30-4-2/h9-10H,3-8H2,1-2H3,(H2,19,21,23,25)(H2,20,22,24,26). The summed E-state index contributed by atoms with van der Waals surface area (Å²) >= 11 is 0. The van der Waals surface area contributed by atoms with Crippen LogP contribution in [0.2, 0.25) is 0 Å². The summed E-state index contributed by atoms with van der Waals surface area (Å²) < 4.78 is 9.54. The second-order valence-corrected chi connectivity index (χ2v) is 5.95. The predicted molar refractivity (Wildman–Crippen MR) is 108 cm³/mol. The summed E-state index contributed by atoms with van der Waals surface area (Å²) in [6, 6.07) is 0. The lowest BCUT2D eigenvalue weighted by molar-refractivity contribution is 0.0514. The van der Waals surface area contributed by atoms with Gasteiger partial charge in [-0.15, -0.1) is 0 Å². The number of hydrogen-bond donors (Lipinski definition) is 4. The molecule has 2 heterocycles. The summed E-state index contributed by atoms with van der Waals surface area (Å²) in [4.78, 5) is 59.8. The van der Waals surface area contributed by atoms with Crippen molar-refractivity contribution in [2.45, 2.75) is 26.7 Å². The first-order valence-corrected chi connectivity index (χ1v) is 9.46. The highest BCUT2D eigenvalue weighted by Gasteiger charge is 2.13. The minimum atomic E-state index is -0.717. The number of nitrogens with zero attached hydrogens (tertiary/aromatic N) is 2. The molecule has 4 N–H and O–H groups in total.